The lowest BCUT2D eigenvalue weighted by Gasteiger charge is -2.27. The predicted molar refractivity (Wildman–Crippen MR) is 311 cm³/mol. The molecule has 5 aliphatic heterocycles. The van der Waals surface area contributed by atoms with Crippen molar-refractivity contribution in [1.29, 1.82) is 0 Å². The molecule has 88 heavy (non-hydrogen) atoms. The maximum absolute atomic E-state index is 14.5. The molecule has 0 unspecified atom stereocenters. The molecule has 3 saturated heterocycles. The lowest BCUT2D eigenvalue weighted by molar-refractivity contribution is -0.00248. The van der Waals surface area contributed by atoms with Gasteiger partial charge in [0.1, 0.15) is 28.9 Å². The van der Waals surface area contributed by atoms with Crippen LogP contribution in [0.4, 0.5) is 39.9 Å². The summed E-state index contributed by atoms with van der Waals surface area (Å²) in [5.74, 6) is -7.13. The number of hydrogen-bond acceptors (Lipinski definition) is 10. The average molecular weight is 1210 g/mol. The molecule has 11 heterocycles. The number of amides is 1. The zero-order valence-corrected chi connectivity index (χ0v) is 46.9. The van der Waals surface area contributed by atoms with Crippen molar-refractivity contribution in [2.24, 2.45) is 0 Å². The summed E-state index contributed by atoms with van der Waals surface area (Å²) < 4.78 is 133. The zero-order valence-electron chi connectivity index (χ0n) is 46.9. The molecule has 0 radical (unpaired) electrons. The SMILES string of the molecule is C.CC(C)(C)OC(=O)N1CC(F)(F)C[C@H]1c1ncc(-c2ccc3c4c2ccn4-c2ccc(-c4cnc([C@H]5CCC(F)(F)C5)[nH]4)cc2O3)[nH]1.FC1(F)CN[C@H](c2ncc(-c3ccc4c(c3)Oc3ccc(-c5cnc([C@@H]6CC(F)(F)CN6)[nH]5)c5ccn-4c35)[nH]2)C1. The zero-order chi connectivity index (χ0) is 60.1. The summed E-state index contributed by atoms with van der Waals surface area (Å²) in [6.45, 7) is 3.61. The van der Waals surface area contributed by atoms with Crippen LogP contribution in [0.1, 0.15) is 114 Å². The van der Waals surface area contributed by atoms with E-state index in [-0.39, 0.29) is 57.9 Å². The third-order valence-electron chi connectivity index (χ3n) is 17.0. The molecule has 6 aromatic heterocycles. The average Bonchev–Trinajstić information content (AvgIpc) is 1.54. The summed E-state index contributed by atoms with van der Waals surface area (Å²) in [7, 11) is 0. The number of likely N-dealkylation sites (tertiary alicyclic amines) is 1. The Morgan fingerprint density at radius 1 is 0.557 bits per heavy atom. The first-order chi connectivity index (χ1) is 41.5. The van der Waals surface area contributed by atoms with Crippen LogP contribution < -0.4 is 20.1 Å². The number of carbonyl (C=O) groups excluding carboxylic acids is 1. The fourth-order valence-corrected chi connectivity index (χ4v) is 12.9. The second-order valence-corrected chi connectivity index (χ2v) is 24.4. The number of benzene rings is 4. The van der Waals surface area contributed by atoms with E-state index in [9.17, 15) is 39.9 Å². The van der Waals surface area contributed by atoms with Gasteiger partial charge in [-0.15, -0.1) is 0 Å². The number of hydrogen-bond donors (Lipinski definition) is 6. The Kier molecular flexibility index (Phi) is 13.1. The summed E-state index contributed by atoms with van der Waals surface area (Å²) in [6, 6.07) is 21.0. The summed E-state index contributed by atoms with van der Waals surface area (Å²) >= 11 is 0. The number of imidazole rings is 4. The minimum absolute atomic E-state index is 0. The van der Waals surface area contributed by atoms with E-state index in [0.717, 1.165) is 71.7 Å². The van der Waals surface area contributed by atoms with Crippen molar-refractivity contribution in [1.82, 2.24) is 64.5 Å². The van der Waals surface area contributed by atoms with Gasteiger partial charge in [-0.2, -0.15) is 0 Å². The van der Waals surface area contributed by atoms with E-state index in [4.69, 9.17) is 14.2 Å². The van der Waals surface area contributed by atoms with E-state index in [0.29, 0.717) is 58.3 Å². The second-order valence-electron chi connectivity index (χ2n) is 24.4. The number of nitrogens with one attached hydrogen (secondary N) is 6. The molecule has 10 aromatic rings. The summed E-state index contributed by atoms with van der Waals surface area (Å²) in [6.07, 6.45) is 8.61. The van der Waals surface area contributed by atoms with E-state index in [1.807, 2.05) is 89.8 Å². The first-order valence-corrected chi connectivity index (χ1v) is 28.6. The molecule has 1 aliphatic carbocycles. The van der Waals surface area contributed by atoms with Crippen LogP contribution in [-0.4, -0.2) is 109 Å². The van der Waals surface area contributed by atoms with Crippen molar-refractivity contribution in [3.05, 3.63) is 133 Å². The van der Waals surface area contributed by atoms with Crippen molar-refractivity contribution in [2.75, 3.05) is 19.6 Å². The third kappa shape index (κ3) is 10.2. The van der Waals surface area contributed by atoms with Crippen molar-refractivity contribution < 1.29 is 54.1 Å². The molecule has 1 saturated carbocycles. The molecule has 16 rings (SSSR count). The number of aromatic nitrogens is 10. The number of carbonyl (C=O) groups is 1. The van der Waals surface area contributed by atoms with Gasteiger partial charge in [0.05, 0.1) is 108 Å². The first kappa shape index (κ1) is 56.8. The first-order valence-electron chi connectivity index (χ1n) is 28.6. The van der Waals surface area contributed by atoms with Crippen LogP contribution in [0.2, 0.25) is 0 Å². The molecule has 25 heteroatoms. The highest BCUT2D eigenvalue weighted by atomic mass is 19.3. The van der Waals surface area contributed by atoms with Gasteiger partial charge in [-0.3, -0.25) is 4.90 Å². The Labute approximate surface area is 497 Å². The fourth-order valence-electron chi connectivity index (χ4n) is 12.9. The van der Waals surface area contributed by atoms with Gasteiger partial charge in [0.25, 0.3) is 17.8 Å². The van der Waals surface area contributed by atoms with Crippen LogP contribution in [0.15, 0.2) is 110 Å². The van der Waals surface area contributed by atoms with Crippen molar-refractivity contribution in [3.63, 3.8) is 0 Å². The smallest absolute Gasteiger partial charge is 0.411 e. The Bertz CT molecular complexity index is 4380. The van der Waals surface area contributed by atoms with Gasteiger partial charge in [-0.05, 0) is 87.9 Å². The lowest BCUT2D eigenvalue weighted by Crippen LogP contribution is -2.38. The van der Waals surface area contributed by atoms with Crippen LogP contribution in [0.3, 0.4) is 0 Å². The van der Waals surface area contributed by atoms with Gasteiger partial charge < -0.3 is 53.9 Å². The van der Waals surface area contributed by atoms with Crippen LogP contribution in [0, 0.1) is 0 Å². The highest BCUT2D eigenvalue weighted by molar-refractivity contribution is 6.01. The van der Waals surface area contributed by atoms with E-state index in [1.165, 1.54) is 0 Å². The van der Waals surface area contributed by atoms with Crippen LogP contribution in [0.25, 0.3) is 78.2 Å². The van der Waals surface area contributed by atoms with Crippen LogP contribution in [-0.2, 0) is 4.74 Å². The summed E-state index contributed by atoms with van der Waals surface area (Å²) in [4.78, 5) is 44.2. The van der Waals surface area contributed by atoms with Crippen molar-refractivity contribution in [2.45, 2.75) is 120 Å². The fraction of sp³-hybridized carbons (Fsp3) is 0.349. The monoisotopic (exact) mass is 1210 g/mol. The standard InChI is InChI=1S/C34H32F4N6O3.C28H23F4N7O.CH4/c1-32(2,3)47-31(45)44-17-34(37,38)14-25(44)30-40-16-23(42-30)20-5-7-26-28-21(20)9-11-43(28)24-6-4-18(12-27(24)46-26)22-15-39-29(41-22)19-8-10-33(35,36)13-19;29-27(30)8-17(35-12-27)25-33-10-19(37-25)14-1-3-21-23(7-14)40-22-4-2-15(16-5-6-39(21)24(16)22)20-11-34-26(38-20)18-9-28(31,32)13-36-18;/h4-7,9,11-12,15-16,19,25H,8,10,13-14,17H2,1-3H3,(H,39,41)(H,40,42);1-7,10-11,17-18,35-36H,8-9,12-13H2,(H,33,37)(H,34,38);1H4/t19-,25-;17-,18-;/m00./s1. The molecule has 0 spiro atoms. The van der Waals surface area contributed by atoms with Crippen molar-refractivity contribution in [3.8, 4) is 79.4 Å². The van der Waals surface area contributed by atoms with Gasteiger partial charge >= 0.3 is 6.09 Å². The van der Waals surface area contributed by atoms with Gasteiger partial charge in [0.15, 0.2) is 23.0 Å². The van der Waals surface area contributed by atoms with E-state index in [1.54, 1.807) is 45.6 Å². The van der Waals surface area contributed by atoms with E-state index >= 15 is 0 Å². The Morgan fingerprint density at radius 2 is 1.03 bits per heavy atom. The molecule has 0 bridgehead atoms. The number of ether oxygens (including phenoxy) is 3. The van der Waals surface area contributed by atoms with E-state index < -0.39 is 66.5 Å². The molecular weight excluding hydrogens is 1150 g/mol. The number of rotatable bonds is 8. The third-order valence-corrected chi connectivity index (χ3v) is 17.0. The highest BCUT2D eigenvalue weighted by Gasteiger charge is 2.50. The molecule has 6 N–H and O–H groups in total. The van der Waals surface area contributed by atoms with Crippen LogP contribution in [0.5, 0.6) is 23.0 Å². The molecule has 17 nitrogen and oxygen atoms in total. The molecule has 4 atom stereocenters. The van der Waals surface area contributed by atoms with Gasteiger partial charge in [-0.1, -0.05) is 19.6 Å². The Morgan fingerprint density at radius 3 is 1.52 bits per heavy atom. The van der Waals surface area contributed by atoms with E-state index in [2.05, 4.69) is 55.1 Å². The minimum atomic E-state index is -3.07. The number of H-pyrrole nitrogens is 4. The largest absolute Gasteiger partial charge is 0.453 e. The lowest BCUT2D eigenvalue weighted by atomic mass is 10.1. The Balaban J connectivity index is 0.000000155. The Hall–Kier alpha value is -8.97. The summed E-state index contributed by atoms with van der Waals surface area (Å²) in [5, 5.41) is 7.45. The number of halogens is 8. The molecule has 456 valence electrons. The normalized spacial score (nSPS) is 21.6. The quantitative estimate of drug-likeness (QED) is 0.0797. The molecule has 4 aromatic carbocycles. The molecule has 4 fully saturated rings. The summed E-state index contributed by atoms with van der Waals surface area (Å²) in [5.41, 5.74) is 8.65. The molecular formula is C63H59F8N13O4. The number of nitrogens with zero attached hydrogens (tertiary/aromatic N) is 7. The topological polar surface area (TPSA) is 197 Å². The van der Waals surface area contributed by atoms with Crippen LogP contribution >= 0.6 is 0 Å². The van der Waals surface area contributed by atoms with Gasteiger partial charge in [0, 0.05) is 83.4 Å². The maximum Gasteiger partial charge on any atom is 0.411 e. The number of aromatic amines is 4. The molecule has 1 amide bonds. The van der Waals surface area contributed by atoms with Gasteiger partial charge in [-0.25, -0.2) is 59.9 Å². The second kappa shape index (κ2) is 20.3. The molecule has 6 aliphatic rings. The van der Waals surface area contributed by atoms with Gasteiger partial charge in [0.2, 0.25) is 5.92 Å². The predicted octanol–water partition coefficient (Wildman–Crippen LogP) is 15.2. The minimum Gasteiger partial charge on any atom is -0.453 e. The maximum atomic E-state index is 14.5. The highest BCUT2D eigenvalue weighted by Crippen LogP contribution is 2.50. The number of alkyl halides is 8. The number of fused-ring (bicyclic) bond motifs is 4. The van der Waals surface area contributed by atoms with Crippen molar-refractivity contribution >= 4 is 27.9 Å².